The van der Waals surface area contributed by atoms with Crippen LogP contribution in [0.1, 0.15) is 157 Å². The maximum Gasteiger partial charge on any atom is 0.343 e. The summed E-state index contributed by atoms with van der Waals surface area (Å²) < 4.78 is 143. The first kappa shape index (κ1) is 93.7. The third kappa shape index (κ3) is 21.4. The van der Waals surface area contributed by atoms with E-state index in [0.717, 1.165) is 94.6 Å². The second-order valence-electron chi connectivity index (χ2n) is 34.4. The van der Waals surface area contributed by atoms with Crippen molar-refractivity contribution in [1.29, 1.82) is 0 Å². The summed E-state index contributed by atoms with van der Waals surface area (Å²) >= 11 is 0. The zero-order valence-corrected chi connectivity index (χ0v) is 71.3. The molecule has 25 nitrogen and oxygen atoms in total. The van der Waals surface area contributed by atoms with Crippen LogP contribution in [0.3, 0.4) is 0 Å². The number of fused-ring (bicyclic) bond motifs is 4. The number of aromatic nitrogens is 8. The van der Waals surface area contributed by atoms with Gasteiger partial charge in [-0.05, 0) is 129 Å². The van der Waals surface area contributed by atoms with E-state index in [-0.39, 0.29) is 53.3 Å². The van der Waals surface area contributed by atoms with Crippen LogP contribution in [0.4, 0.5) is 64.0 Å². The number of nitrogens with zero attached hydrogens (tertiary/aromatic N) is 11. The molecule has 13 rings (SSSR count). The van der Waals surface area contributed by atoms with Crippen LogP contribution in [0.15, 0.2) is 91.0 Å². The number of anilines is 1. The predicted molar refractivity (Wildman–Crippen MR) is 441 cm³/mol. The number of nitrogens with one attached hydrogen (secondary N) is 5. The van der Waals surface area contributed by atoms with Gasteiger partial charge in [-0.3, -0.25) is 14.4 Å². The van der Waals surface area contributed by atoms with E-state index in [1.165, 1.54) is 28.5 Å². The minimum absolute atomic E-state index is 0.00176. The number of likely N-dealkylation sites (N-methyl/N-ethyl adjacent to an activating group) is 3. The average Bonchev–Trinajstić information content (AvgIpc) is 1.64. The van der Waals surface area contributed by atoms with Crippen LogP contribution in [-0.4, -0.2) is 174 Å². The molecular formula is C88H104F10N16O9. The van der Waals surface area contributed by atoms with Gasteiger partial charge in [0.15, 0.2) is 46.5 Å². The maximum absolute atomic E-state index is 14.5. The van der Waals surface area contributed by atoms with Crippen molar-refractivity contribution in [1.82, 2.24) is 75.5 Å². The maximum atomic E-state index is 14.5. The van der Waals surface area contributed by atoms with E-state index >= 15 is 0 Å². The van der Waals surface area contributed by atoms with Gasteiger partial charge in [0.1, 0.15) is 40.8 Å². The van der Waals surface area contributed by atoms with Crippen molar-refractivity contribution in [3.63, 3.8) is 0 Å². The lowest BCUT2D eigenvalue weighted by molar-refractivity contribution is -0.142. The molecule has 4 aliphatic rings. The second-order valence-corrected chi connectivity index (χ2v) is 34.4. The number of hydrogen-bond donors (Lipinski definition) is 7. The van der Waals surface area contributed by atoms with E-state index in [2.05, 4.69) is 53.9 Å². The molecule has 3 aliphatic heterocycles. The molecule has 0 saturated carbocycles. The van der Waals surface area contributed by atoms with Crippen molar-refractivity contribution >= 4 is 47.5 Å². The fraction of sp³-hybridized carbons (Fsp3) is 0.443. The van der Waals surface area contributed by atoms with Gasteiger partial charge in [-0.2, -0.15) is 34.4 Å². The highest BCUT2D eigenvalue weighted by Crippen LogP contribution is 2.41. The summed E-state index contributed by atoms with van der Waals surface area (Å²) in [5, 5.41) is 49.9. The van der Waals surface area contributed by atoms with Crippen molar-refractivity contribution in [2.75, 3.05) is 66.4 Å². The van der Waals surface area contributed by atoms with Crippen LogP contribution >= 0.6 is 0 Å². The molecule has 660 valence electrons. The SMILES string of the molecule is CCC1CCc2c(c(-c3ccc(F)c(F)c3)nn2C(=O)N[C@H](C(=O)NC)C(C)(C)C)C1.CN1CCc2c(c(-c3cc(F)c(F)cc3F)nn2C(=O)N[C@@H](CO)c2ccccc2)C1.CN1CCc2c(c(-c3cc(F)c(F)cc3F)nn2C(=O)N[C@H](C(=O)O)C(C)(C)C)C1.CNC(=O)[C@@H](CC(=O)n1nc(-c2ccc(F)c(F)c2)c2c1CCCCN2C)C(C)(C)C. The fourth-order valence-corrected chi connectivity index (χ4v) is 15.4. The van der Waals surface area contributed by atoms with Crippen LogP contribution in [0, 0.1) is 86.3 Å². The van der Waals surface area contributed by atoms with Crippen LogP contribution in [0.25, 0.3) is 45.0 Å². The van der Waals surface area contributed by atoms with Crippen LogP contribution in [0.2, 0.25) is 0 Å². The second kappa shape index (κ2) is 38.9. The van der Waals surface area contributed by atoms with Gasteiger partial charge in [0.25, 0.3) is 0 Å². The van der Waals surface area contributed by atoms with E-state index in [1.54, 1.807) is 52.1 Å². The molecule has 1 unspecified atom stereocenters. The number of aliphatic hydroxyl groups excluding tert-OH is 1. The Bertz CT molecular complexity index is 5440. The molecule has 123 heavy (non-hydrogen) atoms. The van der Waals surface area contributed by atoms with Gasteiger partial charge >= 0.3 is 24.1 Å². The van der Waals surface area contributed by atoms with Crippen LogP contribution in [0.5, 0.6) is 0 Å². The topological polar surface area (TPSA) is 301 Å². The molecule has 7 heterocycles. The number of aliphatic carboxylic acids is 1. The Labute approximate surface area is 706 Å². The van der Waals surface area contributed by atoms with Gasteiger partial charge in [0.2, 0.25) is 17.7 Å². The van der Waals surface area contributed by atoms with E-state index in [1.807, 2.05) is 83.5 Å². The van der Waals surface area contributed by atoms with Crippen molar-refractivity contribution in [2.24, 2.45) is 28.1 Å². The number of carbonyl (C=O) groups excluding carboxylic acids is 6. The quantitative estimate of drug-likeness (QED) is 0.0371. The predicted octanol–water partition coefficient (Wildman–Crippen LogP) is 14.4. The zero-order chi connectivity index (χ0) is 90.3. The number of benzene rings is 5. The number of rotatable bonds is 15. The van der Waals surface area contributed by atoms with Crippen LogP contribution < -0.4 is 31.5 Å². The summed E-state index contributed by atoms with van der Waals surface area (Å²) in [6, 6.07) is 14.1. The summed E-state index contributed by atoms with van der Waals surface area (Å²) in [7, 11) is 8.68. The first-order chi connectivity index (χ1) is 57.9. The molecule has 0 bridgehead atoms. The molecule has 0 saturated heterocycles. The first-order valence-electron chi connectivity index (χ1n) is 40.4. The minimum atomic E-state index is -1.33. The van der Waals surface area contributed by atoms with Gasteiger partial charge in [0.05, 0.1) is 52.7 Å². The monoisotopic (exact) mass is 1720 g/mol. The summed E-state index contributed by atoms with van der Waals surface area (Å²) in [6.45, 7) is 20.8. The number of carboxylic acids is 1. The molecule has 5 aromatic carbocycles. The standard InChI is InChI=1S/2C23H30F2N4O2.C22H21F3N4O2.C20H23F3N4O3/c1-23(2,3)15(22(31)26-4)13-19(30)29-18-8-6-7-11-28(5)21(18)20(27-29)14-9-10-16(24)17(25)12-14;1-6-13-7-10-18-15(11-13)19(14-8-9-16(24)17(25)12-14)28-29(18)22(31)27-20(21(30)26-5)23(2,3)4;1-28-8-7-20-15(11-28)21(14-9-17(24)18(25)10-16(14)23)27-29(20)22(31)26-19(12-30)13-5-3-2-4-6-13;1-20(2,3)17(18(28)29)24-19(30)27-15-5-6-26(4)9-11(15)16(25-27)10-7-13(22)14(23)8-12(10)21/h9-10,12,15H,6-8,11,13H2,1-5H3,(H,26,31);8-9,12-13,20H,6-7,10-11H2,1-5H3,(H,26,30)(H,27,31);2-6,9-10,19,30H,7-8,11-12H2,1H3,(H,26,31);7-8,17H,5-6,9H2,1-4H3,(H,24,30)(H,28,29)/t15-;13?,20-;19-;17-/m1101/s1. The largest absolute Gasteiger partial charge is 0.480 e. The Kier molecular flexibility index (Phi) is 29.6. The highest BCUT2D eigenvalue weighted by Gasteiger charge is 2.40. The van der Waals surface area contributed by atoms with E-state index < -0.39 is 123 Å². The van der Waals surface area contributed by atoms with Gasteiger partial charge < -0.3 is 51.5 Å². The molecule has 0 spiro atoms. The average molecular weight is 1720 g/mol. The van der Waals surface area contributed by atoms with Gasteiger partial charge in [-0.15, -0.1) is 0 Å². The summed E-state index contributed by atoms with van der Waals surface area (Å²) in [5.74, 6) is -12.9. The Morgan fingerprint density at radius 1 is 0.472 bits per heavy atom. The number of carboxylic acid groups (broad SMARTS) is 1. The molecule has 9 aromatic rings. The van der Waals surface area contributed by atoms with Crippen molar-refractivity contribution in [2.45, 2.75) is 165 Å². The van der Waals surface area contributed by atoms with Crippen molar-refractivity contribution in [3.8, 4) is 45.0 Å². The fourth-order valence-electron chi connectivity index (χ4n) is 15.4. The first-order valence-corrected chi connectivity index (χ1v) is 40.4. The third-order valence-electron chi connectivity index (χ3n) is 22.4. The number of amides is 5. The third-order valence-corrected chi connectivity index (χ3v) is 22.4. The Morgan fingerprint density at radius 3 is 1.37 bits per heavy atom. The lowest BCUT2D eigenvalue weighted by Gasteiger charge is -2.30. The van der Waals surface area contributed by atoms with Crippen LogP contribution in [-0.2, 0) is 59.6 Å². The van der Waals surface area contributed by atoms with Gasteiger partial charge in [-0.25, -0.2) is 67.8 Å². The molecular weight excluding hydrogens is 1620 g/mol. The van der Waals surface area contributed by atoms with Crippen molar-refractivity contribution in [3.05, 3.63) is 194 Å². The number of carbonyl (C=O) groups is 7. The van der Waals surface area contributed by atoms with E-state index in [9.17, 15) is 87.7 Å². The van der Waals surface area contributed by atoms with E-state index in [4.69, 9.17) is 0 Å². The van der Waals surface area contributed by atoms with Gasteiger partial charge in [0, 0.05) is 124 Å². The number of halogens is 10. The smallest absolute Gasteiger partial charge is 0.343 e. The zero-order valence-electron chi connectivity index (χ0n) is 71.3. The Hall–Kier alpha value is -11.6. The number of aliphatic hydroxyl groups is 1. The van der Waals surface area contributed by atoms with Gasteiger partial charge in [-0.1, -0.05) is 106 Å². The molecule has 0 fully saturated rings. The molecule has 4 aromatic heterocycles. The Morgan fingerprint density at radius 2 is 0.919 bits per heavy atom. The lowest BCUT2D eigenvalue weighted by Crippen LogP contribution is -2.54. The lowest BCUT2D eigenvalue weighted by atomic mass is 9.78. The molecule has 5 amide bonds. The highest BCUT2D eigenvalue weighted by molar-refractivity contribution is 5.91. The molecule has 35 heteroatoms. The molecule has 5 atom stereocenters. The highest BCUT2D eigenvalue weighted by atomic mass is 19.2. The Balaban J connectivity index is 0.000000172. The minimum Gasteiger partial charge on any atom is -0.480 e. The summed E-state index contributed by atoms with van der Waals surface area (Å²) in [4.78, 5) is 94.8. The molecule has 1 aliphatic carbocycles. The summed E-state index contributed by atoms with van der Waals surface area (Å²) in [6.07, 6.45) is 6.58. The number of hydrogen-bond acceptors (Lipinski definition) is 15. The normalized spacial score (nSPS) is 15.7. The van der Waals surface area contributed by atoms with Crippen molar-refractivity contribution < 1.29 is 87.7 Å². The molecule has 7 N–H and O–H groups in total. The summed E-state index contributed by atoms with van der Waals surface area (Å²) in [5.41, 5.74) is 5.67. The van der Waals surface area contributed by atoms with E-state index in [0.29, 0.717) is 133 Å². The molecule has 0 radical (unpaired) electrons.